The molecule has 1 aliphatic heterocycles. The normalized spacial score (nSPS) is 23.5. The molecule has 3 atom stereocenters. The maximum absolute atomic E-state index is 5.86. The van der Waals surface area contributed by atoms with Crippen molar-refractivity contribution >= 4 is 5.69 Å². The summed E-state index contributed by atoms with van der Waals surface area (Å²) in [5.74, 6) is 2.62. The van der Waals surface area contributed by atoms with Crippen LogP contribution < -0.4 is 10.1 Å². The molecule has 2 nitrogen and oxygen atoms in total. The largest absolute Gasteiger partial charge is 0.494 e. The summed E-state index contributed by atoms with van der Waals surface area (Å²) in [6, 6.07) is 16.1. The van der Waals surface area contributed by atoms with E-state index in [1.165, 1.54) is 22.4 Å². The Bertz CT molecular complexity index is 790. The van der Waals surface area contributed by atoms with Crippen LogP contribution in [0.2, 0.25) is 0 Å². The monoisotopic (exact) mass is 347 g/mol. The number of hydrogen-bond donors (Lipinski definition) is 1. The van der Waals surface area contributed by atoms with Crippen LogP contribution in [0.25, 0.3) is 0 Å². The summed E-state index contributed by atoms with van der Waals surface area (Å²) in [6.45, 7) is 7.42. The zero-order valence-corrected chi connectivity index (χ0v) is 16.0. The van der Waals surface area contributed by atoms with Crippen molar-refractivity contribution in [3.8, 4) is 5.75 Å². The van der Waals surface area contributed by atoms with Crippen molar-refractivity contribution in [2.24, 2.45) is 5.92 Å². The van der Waals surface area contributed by atoms with Gasteiger partial charge in [0.05, 0.1) is 12.6 Å². The number of benzene rings is 2. The maximum atomic E-state index is 5.86. The molecule has 0 fully saturated rings. The molecular weight excluding hydrogens is 318 g/mol. The zero-order valence-electron chi connectivity index (χ0n) is 16.0. The first kappa shape index (κ1) is 17.2. The fourth-order valence-electron chi connectivity index (χ4n) is 4.30. The van der Waals surface area contributed by atoms with Crippen LogP contribution in [0.15, 0.2) is 54.6 Å². The average Bonchev–Trinajstić information content (AvgIpc) is 3.16. The average molecular weight is 348 g/mol. The molecule has 2 aliphatic rings. The quantitative estimate of drug-likeness (QED) is 0.630. The first-order chi connectivity index (χ1) is 12.7. The molecule has 1 heterocycles. The molecule has 1 aliphatic carbocycles. The summed E-state index contributed by atoms with van der Waals surface area (Å²) in [5, 5.41) is 3.82. The molecular formula is C24H29NO. The Hall–Kier alpha value is -2.22. The number of allylic oxidation sites excluding steroid dienone is 2. The number of rotatable bonds is 5. The van der Waals surface area contributed by atoms with E-state index >= 15 is 0 Å². The van der Waals surface area contributed by atoms with Crippen molar-refractivity contribution in [1.82, 2.24) is 0 Å². The lowest BCUT2D eigenvalue weighted by atomic mass is 9.77. The third-order valence-electron chi connectivity index (χ3n) is 5.77. The van der Waals surface area contributed by atoms with Gasteiger partial charge in [0.2, 0.25) is 0 Å². The first-order valence-electron chi connectivity index (χ1n) is 9.97. The minimum atomic E-state index is 0.367. The number of hydrogen-bond acceptors (Lipinski definition) is 2. The number of anilines is 1. The lowest BCUT2D eigenvalue weighted by molar-refractivity contribution is 0.316. The molecule has 0 aromatic heterocycles. The fraction of sp³-hybridized carbons (Fsp3) is 0.417. The highest BCUT2D eigenvalue weighted by atomic mass is 16.5. The third kappa shape index (κ3) is 3.13. The van der Waals surface area contributed by atoms with Crippen molar-refractivity contribution < 1.29 is 4.74 Å². The van der Waals surface area contributed by atoms with Crippen LogP contribution in [0.5, 0.6) is 5.75 Å². The molecule has 2 aromatic rings. The van der Waals surface area contributed by atoms with Gasteiger partial charge < -0.3 is 10.1 Å². The van der Waals surface area contributed by atoms with Gasteiger partial charge in [-0.3, -0.25) is 0 Å². The van der Waals surface area contributed by atoms with Gasteiger partial charge >= 0.3 is 0 Å². The first-order valence-corrected chi connectivity index (χ1v) is 9.97. The van der Waals surface area contributed by atoms with Crippen LogP contribution in [0.1, 0.15) is 68.2 Å². The lowest BCUT2D eigenvalue weighted by Gasteiger charge is -2.37. The summed E-state index contributed by atoms with van der Waals surface area (Å²) < 4.78 is 5.86. The van der Waals surface area contributed by atoms with Gasteiger partial charge in [-0.1, -0.05) is 57.2 Å². The molecule has 0 saturated carbocycles. The second kappa shape index (κ2) is 7.19. The highest BCUT2D eigenvalue weighted by molar-refractivity contribution is 5.61. The van der Waals surface area contributed by atoms with E-state index in [-0.39, 0.29) is 0 Å². The molecule has 0 amide bonds. The van der Waals surface area contributed by atoms with Crippen molar-refractivity contribution in [1.29, 1.82) is 0 Å². The molecule has 3 unspecified atom stereocenters. The molecule has 0 spiro atoms. The third-order valence-corrected chi connectivity index (χ3v) is 5.77. The van der Waals surface area contributed by atoms with Crippen LogP contribution in [0, 0.1) is 5.92 Å². The van der Waals surface area contributed by atoms with Crippen LogP contribution >= 0.6 is 0 Å². The molecule has 2 aromatic carbocycles. The van der Waals surface area contributed by atoms with E-state index in [4.69, 9.17) is 4.74 Å². The van der Waals surface area contributed by atoms with Crippen LogP contribution in [0.3, 0.4) is 0 Å². The smallest absolute Gasteiger partial charge is 0.119 e. The van der Waals surface area contributed by atoms with Gasteiger partial charge in [0.25, 0.3) is 0 Å². The van der Waals surface area contributed by atoms with E-state index < -0.39 is 0 Å². The van der Waals surface area contributed by atoms with E-state index in [2.05, 4.69) is 80.7 Å². The predicted molar refractivity (Wildman–Crippen MR) is 109 cm³/mol. The van der Waals surface area contributed by atoms with Gasteiger partial charge in [-0.05, 0) is 59.6 Å². The Morgan fingerprint density at radius 1 is 1.12 bits per heavy atom. The fourth-order valence-corrected chi connectivity index (χ4v) is 4.30. The van der Waals surface area contributed by atoms with E-state index in [1.54, 1.807) is 0 Å². The highest BCUT2D eigenvalue weighted by Gasteiger charge is 2.38. The van der Waals surface area contributed by atoms with E-state index in [9.17, 15) is 0 Å². The molecule has 4 rings (SSSR count). The Labute approximate surface area is 157 Å². The van der Waals surface area contributed by atoms with Crippen LogP contribution in [-0.2, 0) is 0 Å². The Morgan fingerprint density at radius 3 is 2.65 bits per heavy atom. The van der Waals surface area contributed by atoms with Gasteiger partial charge in [-0.2, -0.15) is 0 Å². The van der Waals surface area contributed by atoms with Crippen LogP contribution in [-0.4, -0.2) is 6.61 Å². The van der Waals surface area contributed by atoms with Gasteiger partial charge in [-0.15, -0.1) is 0 Å². The van der Waals surface area contributed by atoms with E-state index in [0.29, 0.717) is 23.8 Å². The van der Waals surface area contributed by atoms with E-state index in [0.717, 1.165) is 25.2 Å². The Balaban J connectivity index is 1.64. The minimum absolute atomic E-state index is 0.367. The topological polar surface area (TPSA) is 21.3 Å². The van der Waals surface area contributed by atoms with Crippen LogP contribution in [0.4, 0.5) is 5.69 Å². The molecule has 26 heavy (non-hydrogen) atoms. The highest BCUT2D eigenvalue weighted by Crippen LogP contribution is 2.50. The number of ether oxygens (including phenoxy) is 1. The molecule has 136 valence electrons. The summed E-state index contributed by atoms with van der Waals surface area (Å²) in [6.07, 6.45) is 6.91. The van der Waals surface area contributed by atoms with Crippen molar-refractivity contribution in [3.05, 3.63) is 71.3 Å². The van der Waals surface area contributed by atoms with Crippen molar-refractivity contribution in [3.63, 3.8) is 0 Å². The maximum Gasteiger partial charge on any atom is 0.119 e. The number of nitrogens with one attached hydrogen (secondary N) is 1. The zero-order chi connectivity index (χ0) is 18.1. The van der Waals surface area contributed by atoms with Gasteiger partial charge in [-0.25, -0.2) is 0 Å². The summed E-state index contributed by atoms with van der Waals surface area (Å²) in [5.41, 5.74) is 5.43. The summed E-state index contributed by atoms with van der Waals surface area (Å²) in [7, 11) is 0. The minimum Gasteiger partial charge on any atom is -0.494 e. The van der Waals surface area contributed by atoms with Gasteiger partial charge in [0.1, 0.15) is 5.75 Å². The predicted octanol–water partition coefficient (Wildman–Crippen LogP) is 6.43. The Morgan fingerprint density at radius 2 is 1.92 bits per heavy atom. The van der Waals surface area contributed by atoms with Gasteiger partial charge in [0.15, 0.2) is 0 Å². The van der Waals surface area contributed by atoms with Gasteiger partial charge in [0, 0.05) is 11.6 Å². The van der Waals surface area contributed by atoms with Crippen molar-refractivity contribution in [2.75, 3.05) is 11.9 Å². The number of fused-ring (bicyclic) bond motifs is 3. The molecule has 2 heteroatoms. The molecule has 1 N–H and O–H groups in total. The van der Waals surface area contributed by atoms with E-state index in [1.807, 2.05) is 0 Å². The standard InChI is InChI=1S/C24H29NO/c1-4-14-26-19-12-13-23-22(15-19)20-6-5-7-21(20)24(25-23)18-10-8-17(9-11-18)16(2)3/h5-6,8-13,15-16,20-21,24-25H,4,7,14H2,1-3H3. The Kier molecular flexibility index (Phi) is 4.76. The van der Waals surface area contributed by atoms with Crippen molar-refractivity contribution in [2.45, 2.75) is 51.5 Å². The molecule has 0 bridgehead atoms. The SMILES string of the molecule is CCCOc1ccc2c(c1)C1C=CCC1C(c1ccc(C(C)C)cc1)N2. The second-order valence-corrected chi connectivity index (χ2v) is 7.89. The lowest BCUT2D eigenvalue weighted by Crippen LogP contribution is -2.29. The summed E-state index contributed by atoms with van der Waals surface area (Å²) in [4.78, 5) is 0. The summed E-state index contributed by atoms with van der Waals surface area (Å²) >= 11 is 0. The second-order valence-electron chi connectivity index (χ2n) is 7.89. The molecule has 0 radical (unpaired) electrons. The molecule has 0 saturated heterocycles.